The number of esters is 1. The summed E-state index contributed by atoms with van der Waals surface area (Å²) in [5.74, 6) is -0.733. The van der Waals surface area contributed by atoms with Crippen LogP contribution in [-0.4, -0.2) is 71.7 Å². The molecule has 0 spiro atoms. The van der Waals surface area contributed by atoms with Crippen molar-refractivity contribution in [3.63, 3.8) is 0 Å². The molecule has 0 aromatic heterocycles. The van der Waals surface area contributed by atoms with Crippen molar-refractivity contribution in [2.24, 2.45) is 0 Å². The highest BCUT2D eigenvalue weighted by Gasteiger charge is 2.33. The highest BCUT2D eigenvalue weighted by molar-refractivity contribution is 5.78. The van der Waals surface area contributed by atoms with Gasteiger partial charge in [-0.2, -0.15) is 0 Å². The number of methoxy groups -OCH3 is 1. The lowest BCUT2D eigenvalue weighted by molar-refractivity contribution is -0.162. The highest BCUT2D eigenvalue weighted by Crippen LogP contribution is 2.08. The normalized spacial score (nSPS) is 15.1. The fourth-order valence-electron chi connectivity index (χ4n) is 1.27. The Labute approximate surface area is 89.1 Å². The molecule has 0 rings (SSSR count). The summed E-state index contributed by atoms with van der Waals surface area (Å²) in [6.45, 7) is 1.72. The first-order valence-electron chi connectivity index (χ1n) is 4.72. The Morgan fingerprint density at radius 1 is 1.33 bits per heavy atom. The monoisotopic (exact) mass is 221 g/mol. The van der Waals surface area contributed by atoms with Crippen molar-refractivity contribution < 1.29 is 24.9 Å². The predicted molar refractivity (Wildman–Crippen MR) is 53.3 cm³/mol. The van der Waals surface area contributed by atoms with Crippen molar-refractivity contribution >= 4 is 5.97 Å². The number of rotatable bonds is 7. The van der Waals surface area contributed by atoms with Crippen LogP contribution >= 0.6 is 0 Å². The number of aliphatic hydroxyl groups is 3. The topological polar surface area (TPSA) is 90.2 Å². The summed E-state index contributed by atoms with van der Waals surface area (Å²) in [6, 6.07) is 0. The molecule has 3 N–H and O–H groups in total. The minimum Gasteiger partial charge on any atom is -0.467 e. The Morgan fingerprint density at radius 2 is 1.80 bits per heavy atom. The number of carbonyl (C=O) groups excluding carboxylic acids is 1. The van der Waals surface area contributed by atoms with Gasteiger partial charge in [0.1, 0.15) is 0 Å². The van der Waals surface area contributed by atoms with Crippen LogP contribution in [-0.2, 0) is 9.53 Å². The van der Waals surface area contributed by atoms with Crippen molar-refractivity contribution in [2.45, 2.75) is 12.5 Å². The first kappa shape index (κ1) is 14.3. The van der Waals surface area contributed by atoms with Crippen molar-refractivity contribution in [2.75, 3.05) is 40.0 Å². The predicted octanol–water partition coefficient (Wildman–Crippen LogP) is -1.80. The number of carbonyl (C=O) groups is 1. The second kappa shape index (κ2) is 6.73. The summed E-state index contributed by atoms with van der Waals surface area (Å²) in [5.41, 5.74) is -1.63. The van der Waals surface area contributed by atoms with E-state index in [1.54, 1.807) is 4.90 Å². The van der Waals surface area contributed by atoms with Gasteiger partial charge in [-0.15, -0.1) is 0 Å². The molecule has 0 fully saturated rings. The quantitative estimate of drug-likeness (QED) is 0.439. The molecule has 0 aromatic carbocycles. The van der Waals surface area contributed by atoms with Gasteiger partial charge in [0.05, 0.1) is 20.3 Å². The van der Waals surface area contributed by atoms with E-state index in [0.29, 0.717) is 0 Å². The average Bonchev–Trinajstić information content (AvgIpc) is 2.16. The largest absolute Gasteiger partial charge is 0.467 e. The molecule has 6 heteroatoms. The van der Waals surface area contributed by atoms with E-state index < -0.39 is 11.6 Å². The molecule has 1 unspecified atom stereocenters. The lowest BCUT2D eigenvalue weighted by atomic mass is 10.1. The summed E-state index contributed by atoms with van der Waals surface area (Å²) in [7, 11) is 1.19. The van der Waals surface area contributed by atoms with Gasteiger partial charge in [-0.3, -0.25) is 4.90 Å². The smallest absolute Gasteiger partial charge is 0.338 e. The molecule has 0 aliphatic rings. The molecule has 0 radical (unpaired) electrons. The maximum atomic E-state index is 11.2. The lowest BCUT2D eigenvalue weighted by Gasteiger charge is -2.28. The third-order valence-electron chi connectivity index (χ3n) is 1.99. The standard InChI is InChI=1S/C9H19NO5/c1-9(14,8(13)15-2)7-10(3-5-11)4-6-12/h11-12,14H,3-7H2,1-2H3. The zero-order valence-corrected chi connectivity index (χ0v) is 9.14. The fourth-order valence-corrected chi connectivity index (χ4v) is 1.27. The maximum Gasteiger partial charge on any atom is 0.338 e. The minimum absolute atomic E-state index is 0.0147. The van der Waals surface area contributed by atoms with Crippen LogP contribution in [0.15, 0.2) is 0 Å². The van der Waals surface area contributed by atoms with Crippen molar-refractivity contribution in [3.05, 3.63) is 0 Å². The van der Waals surface area contributed by atoms with Gasteiger partial charge in [-0.05, 0) is 6.92 Å². The Hall–Kier alpha value is -0.690. The van der Waals surface area contributed by atoms with Crippen LogP contribution in [0.2, 0.25) is 0 Å². The number of nitrogens with zero attached hydrogens (tertiary/aromatic N) is 1. The molecule has 0 saturated carbocycles. The van der Waals surface area contributed by atoms with Crippen molar-refractivity contribution in [1.29, 1.82) is 0 Å². The van der Waals surface area contributed by atoms with E-state index >= 15 is 0 Å². The molecular formula is C9H19NO5. The summed E-state index contributed by atoms with van der Waals surface area (Å²) < 4.78 is 4.43. The first-order chi connectivity index (χ1) is 6.97. The molecule has 0 heterocycles. The van der Waals surface area contributed by atoms with Gasteiger partial charge in [-0.25, -0.2) is 4.79 Å². The van der Waals surface area contributed by atoms with E-state index in [-0.39, 0.29) is 32.8 Å². The first-order valence-corrected chi connectivity index (χ1v) is 4.72. The summed E-state index contributed by atoms with van der Waals surface area (Å²) in [6.07, 6.45) is 0. The van der Waals surface area contributed by atoms with Gasteiger partial charge in [0.25, 0.3) is 0 Å². The average molecular weight is 221 g/mol. The molecule has 1 atom stereocenters. The Bertz CT molecular complexity index is 189. The highest BCUT2D eigenvalue weighted by atomic mass is 16.5. The molecule has 0 aromatic rings. The molecule has 0 saturated heterocycles. The summed E-state index contributed by atoms with van der Waals surface area (Å²) >= 11 is 0. The third kappa shape index (κ3) is 5.08. The fraction of sp³-hybridized carbons (Fsp3) is 0.889. The second-order valence-corrected chi connectivity index (χ2v) is 3.49. The van der Waals surface area contributed by atoms with Crippen molar-refractivity contribution in [3.8, 4) is 0 Å². The van der Waals surface area contributed by atoms with E-state index in [1.165, 1.54) is 14.0 Å². The lowest BCUT2D eigenvalue weighted by Crippen LogP contribution is -2.48. The van der Waals surface area contributed by atoms with Crippen LogP contribution in [0.1, 0.15) is 6.92 Å². The van der Waals surface area contributed by atoms with E-state index in [2.05, 4.69) is 4.74 Å². The van der Waals surface area contributed by atoms with Gasteiger partial charge < -0.3 is 20.1 Å². The van der Waals surface area contributed by atoms with E-state index in [4.69, 9.17) is 10.2 Å². The van der Waals surface area contributed by atoms with E-state index in [0.717, 1.165) is 0 Å². The van der Waals surface area contributed by atoms with E-state index in [1.807, 2.05) is 0 Å². The molecule has 15 heavy (non-hydrogen) atoms. The SMILES string of the molecule is COC(=O)C(C)(O)CN(CCO)CCO. The van der Waals surface area contributed by atoms with Crippen LogP contribution in [0.25, 0.3) is 0 Å². The maximum absolute atomic E-state index is 11.2. The van der Waals surface area contributed by atoms with Crippen LogP contribution in [0.3, 0.4) is 0 Å². The zero-order valence-electron chi connectivity index (χ0n) is 9.14. The zero-order chi connectivity index (χ0) is 11.9. The molecule has 0 amide bonds. The molecule has 0 bridgehead atoms. The second-order valence-electron chi connectivity index (χ2n) is 3.49. The van der Waals surface area contributed by atoms with Crippen LogP contribution in [0.4, 0.5) is 0 Å². The molecule has 0 aliphatic heterocycles. The van der Waals surface area contributed by atoms with Crippen LogP contribution in [0.5, 0.6) is 0 Å². The van der Waals surface area contributed by atoms with Gasteiger partial charge in [0.2, 0.25) is 0 Å². The summed E-state index contributed by atoms with van der Waals surface area (Å²) in [4.78, 5) is 12.7. The molecule has 90 valence electrons. The van der Waals surface area contributed by atoms with E-state index in [9.17, 15) is 9.90 Å². The molecular weight excluding hydrogens is 202 g/mol. The van der Waals surface area contributed by atoms with Gasteiger partial charge in [0.15, 0.2) is 5.60 Å². The van der Waals surface area contributed by atoms with Gasteiger partial charge in [0, 0.05) is 19.6 Å². The number of hydrogen-bond donors (Lipinski definition) is 3. The summed E-state index contributed by atoms with van der Waals surface area (Å²) in [5, 5.41) is 27.2. The van der Waals surface area contributed by atoms with Crippen LogP contribution in [0, 0.1) is 0 Å². The van der Waals surface area contributed by atoms with Crippen molar-refractivity contribution in [1.82, 2.24) is 4.90 Å². The molecule has 0 aliphatic carbocycles. The number of hydrogen-bond acceptors (Lipinski definition) is 6. The van der Waals surface area contributed by atoms with Gasteiger partial charge in [-0.1, -0.05) is 0 Å². The Balaban J connectivity index is 4.29. The van der Waals surface area contributed by atoms with Gasteiger partial charge >= 0.3 is 5.97 Å². The number of aliphatic hydroxyl groups excluding tert-OH is 2. The molecule has 6 nitrogen and oxygen atoms in total. The Morgan fingerprint density at radius 3 is 2.13 bits per heavy atom. The number of ether oxygens (including phenoxy) is 1. The van der Waals surface area contributed by atoms with Crippen LogP contribution < -0.4 is 0 Å². The minimum atomic E-state index is -1.63. The third-order valence-corrected chi connectivity index (χ3v) is 1.99. The Kier molecular flexibility index (Phi) is 6.42.